The number of hydrogen-bond donors (Lipinski definition) is 1. The van der Waals surface area contributed by atoms with Crippen LogP contribution in [0.25, 0.3) is 0 Å². The van der Waals surface area contributed by atoms with Crippen molar-refractivity contribution in [2.45, 2.75) is 26.2 Å². The molecule has 1 rings (SSSR count). The van der Waals surface area contributed by atoms with Gasteiger partial charge in [0.1, 0.15) is 0 Å². The van der Waals surface area contributed by atoms with E-state index < -0.39 is 5.97 Å². The minimum absolute atomic E-state index is 0.186. The van der Waals surface area contributed by atoms with Crippen LogP contribution >= 0.6 is 11.6 Å². The summed E-state index contributed by atoms with van der Waals surface area (Å²) in [5.74, 6) is -0.767. The Balaban J connectivity index is 2.51. The molecular weight excluding hydrogens is 202 g/mol. The summed E-state index contributed by atoms with van der Waals surface area (Å²) >= 11 is 5.88. The van der Waals surface area contributed by atoms with Crippen LogP contribution in [0.5, 0.6) is 0 Å². The number of pyridine rings is 1. The van der Waals surface area contributed by atoms with Crippen molar-refractivity contribution in [3.63, 3.8) is 0 Å². The van der Waals surface area contributed by atoms with Gasteiger partial charge in [-0.1, -0.05) is 11.6 Å². The molecule has 0 unspecified atom stereocenters. The fraction of sp³-hybridized carbons (Fsp3) is 0.400. The number of nitrogens with zero attached hydrogens (tertiary/aromatic N) is 1. The lowest BCUT2D eigenvalue weighted by Crippen LogP contribution is -1.96. The fourth-order valence-electron chi connectivity index (χ4n) is 1.13. The molecule has 0 aliphatic carbocycles. The van der Waals surface area contributed by atoms with E-state index >= 15 is 0 Å². The van der Waals surface area contributed by atoms with Crippen LogP contribution in [0.3, 0.4) is 0 Å². The lowest BCUT2D eigenvalue weighted by Gasteiger charge is -2.01. The minimum atomic E-state index is -0.767. The van der Waals surface area contributed by atoms with Gasteiger partial charge in [0.25, 0.3) is 0 Å². The third kappa shape index (κ3) is 3.34. The first kappa shape index (κ1) is 11.0. The number of rotatable bonds is 4. The van der Waals surface area contributed by atoms with E-state index in [0.29, 0.717) is 17.9 Å². The van der Waals surface area contributed by atoms with E-state index in [-0.39, 0.29) is 6.42 Å². The zero-order chi connectivity index (χ0) is 10.6. The van der Waals surface area contributed by atoms with E-state index in [4.69, 9.17) is 16.7 Å². The molecule has 1 N–H and O–H groups in total. The zero-order valence-electron chi connectivity index (χ0n) is 7.96. The molecule has 76 valence electrons. The topological polar surface area (TPSA) is 50.2 Å². The van der Waals surface area contributed by atoms with E-state index in [0.717, 1.165) is 11.3 Å². The highest BCUT2D eigenvalue weighted by atomic mass is 35.5. The van der Waals surface area contributed by atoms with Gasteiger partial charge in [0.05, 0.1) is 10.7 Å². The molecule has 0 saturated carbocycles. The molecule has 0 bridgehead atoms. The molecule has 0 fully saturated rings. The Morgan fingerprint density at radius 2 is 2.36 bits per heavy atom. The van der Waals surface area contributed by atoms with Gasteiger partial charge in [0.15, 0.2) is 0 Å². The summed E-state index contributed by atoms with van der Waals surface area (Å²) in [6, 6.07) is 1.84. The van der Waals surface area contributed by atoms with Crippen molar-refractivity contribution in [2.75, 3.05) is 0 Å². The molecule has 1 aromatic heterocycles. The van der Waals surface area contributed by atoms with Gasteiger partial charge in [-0.2, -0.15) is 0 Å². The maximum atomic E-state index is 10.3. The number of carboxylic acid groups (broad SMARTS) is 1. The Kier molecular flexibility index (Phi) is 3.89. The molecule has 4 heteroatoms. The number of carboxylic acids is 1. The summed E-state index contributed by atoms with van der Waals surface area (Å²) in [6.07, 6.45) is 3.25. The first-order chi connectivity index (χ1) is 6.59. The molecule has 1 aromatic rings. The number of aliphatic carboxylic acids is 1. The van der Waals surface area contributed by atoms with E-state index in [2.05, 4.69) is 4.98 Å². The van der Waals surface area contributed by atoms with Crippen LogP contribution in [0.1, 0.15) is 24.1 Å². The molecule has 0 saturated heterocycles. The molecule has 0 aliphatic heterocycles. The van der Waals surface area contributed by atoms with Gasteiger partial charge in [-0.05, 0) is 31.4 Å². The van der Waals surface area contributed by atoms with Crippen molar-refractivity contribution in [2.24, 2.45) is 0 Å². The third-order valence-electron chi connectivity index (χ3n) is 1.94. The van der Waals surface area contributed by atoms with Crippen molar-refractivity contribution in [3.05, 3.63) is 28.5 Å². The van der Waals surface area contributed by atoms with Gasteiger partial charge in [-0.25, -0.2) is 0 Å². The number of carbonyl (C=O) groups is 1. The Morgan fingerprint density at radius 1 is 1.64 bits per heavy atom. The predicted octanol–water partition coefficient (Wildman–Crippen LogP) is 2.45. The summed E-state index contributed by atoms with van der Waals surface area (Å²) in [5.41, 5.74) is 1.79. The number of hydrogen-bond acceptors (Lipinski definition) is 2. The second-order valence-corrected chi connectivity index (χ2v) is 3.57. The van der Waals surface area contributed by atoms with Crippen molar-refractivity contribution >= 4 is 17.6 Å². The first-order valence-electron chi connectivity index (χ1n) is 4.42. The van der Waals surface area contributed by atoms with Crippen molar-refractivity contribution in [1.82, 2.24) is 4.98 Å². The highest BCUT2D eigenvalue weighted by Gasteiger charge is 2.01. The largest absolute Gasteiger partial charge is 0.481 e. The molecule has 1 heterocycles. The molecule has 0 amide bonds. The quantitative estimate of drug-likeness (QED) is 0.836. The van der Waals surface area contributed by atoms with Crippen LogP contribution in [0.2, 0.25) is 5.02 Å². The SMILES string of the molecule is Cc1ncc(CCCC(=O)O)cc1Cl. The Morgan fingerprint density at radius 3 is 2.93 bits per heavy atom. The fourth-order valence-corrected chi connectivity index (χ4v) is 1.32. The summed E-state index contributed by atoms with van der Waals surface area (Å²) < 4.78 is 0. The van der Waals surface area contributed by atoms with E-state index in [1.54, 1.807) is 6.20 Å². The van der Waals surface area contributed by atoms with Crippen LogP contribution in [-0.4, -0.2) is 16.1 Å². The normalized spacial score (nSPS) is 10.1. The molecule has 3 nitrogen and oxygen atoms in total. The van der Waals surface area contributed by atoms with Gasteiger partial charge >= 0.3 is 5.97 Å². The lowest BCUT2D eigenvalue weighted by atomic mass is 10.1. The van der Waals surface area contributed by atoms with Crippen LogP contribution < -0.4 is 0 Å². The van der Waals surface area contributed by atoms with Crippen molar-refractivity contribution in [1.29, 1.82) is 0 Å². The first-order valence-corrected chi connectivity index (χ1v) is 4.80. The van der Waals surface area contributed by atoms with Crippen LogP contribution in [-0.2, 0) is 11.2 Å². The van der Waals surface area contributed by atoms with Crippen LogP contribution in [0, 0.1) is 6.92 Å². The summed E-state index contributed by atoms with van der Waals surface area (Å²) in [5, 5.41) is 9.09. The second kappa shape index (κ2) is 4.96. The Hall–Kier alpha value is -1.09. The van der Waals surface area contributed by atoms with E-state index in [1.165, 1.54) is 0 Å². The highest BCUT2D eigenvalue weighted by Crippen LogP contribution is 2.15. The minimum Gasteiger partial charge on any atom is -0.481 e. The third-order valence-corrected chi connectivity index (χ3v) is 2.32. The summed E-state index contributed by atoms with van der Waals surface area (Å²) in [7, 11) is 0. The molecular formula is C10H12ClNO2. The van der Waals surface area contributed by atoms with E-state index in [1.807, 2.05) is 13.0 Å². The van der Waals surface area contributed by atoms with Crippen molar-refractivity contribution < 1.29 is 9.90 Å². The van der Waals surface area contributed by atoms with Crippen LogP contribution in [0.15, 0.2) is 12.3 Å². The lowest BCUT2D eigenvalue weighted by molar-refractivity contribution is -0.137. The Labute approximate surface area is 87.7 Å². The van der Waals surface area contributed by atoms with Gasteiger partial charge in [0, 0.05) is 12.6 Å². The second-order valence-electron chi connectivity index (χ2n) is 3.16. The molecule has 0 aromatic carbocycles. The summed E-state index contributed by atoms with van der Waals surface area (Å²) in [4.78, 5) is 14.4. The van der Waals surface area contributed by atoms with Gasteiger partial charge in [-0.3, -0.25) is 9.78 Å². The van der Waals surface area contributed by atoms with Gasteiger partial charge in [0.2, 0.25) is 0 Å². The van der Waals surface area contributed by atoms with Crippen LogP contribution in [0.4, 0.5) is 0 Å². The number of aromatic nitrogens is 1. The maximum absolute atomic E-state index is 10.3. The molecule has 0 radical (unpaired) electrons. The molecule has 0 atom stereocenters. The number of halogens is 1. The Bertz CT molecular complexity index is 339. The molecule has 0 spiro atoms. The average molecular weight is 214 g/mol. The van der Waals surface area contributed by atoms with Gasteiger partial charge < -0.3 is 5.11 Å². The predicted molar refractivity (Wildman–Crippen MR) is 54.6 cm³/mol. The monoisotopic (exact) mass is 213 g/mol. The standard InChI is InChI=1S/C10H12ClNO2/c1-7-9(11)5-8(6-12-7)3-2-4-10(13)14/h5-6H,2-4H2,1H3,(H,13,14). The average Bonchev–Trinajstić information content (AvgIpc) is 2.10. The summed E-state index contributed by atoms with van der Waals surface area (Å²) in [6.45, 7) is 1.84. The van der Waals surface area contributed by atoms with E-state index in [9.17, 15) is 4.79 Å². The highest BCUT2D eigenvalue weighted by molar-refractivity contribution is 6.31. The van der Waals surface area contributed by atoms with Crippen molar-refractivity contribution in [3.8, 4) is 0 Å². The molecule has 0 aliphatic rings. The smallest absolute Gasteiger partial charge is 0.303 e. The molecule has 14 heavy (non-hydrogen) atoms. The van der Waals surface area contributed by atoms with Gasteiger partial charge in [-0.15, -0.1) is 0 Å². The maximum Gasteiger partial charge on any atom is 0.303 e. The number of aryl methyl sites for hydroxylation is 2. The zero-order valence-corrected chi connectivity index (χ0v) is 8.71.